The molecule has 0 aromatic heterocycles. The molecule has 0 spiro atoms. The van der Waals surface area contributed by atoms with E-state index >= 15 is 0 Å². The number of carbonyl (C=O) groups is 1. The van der Waals surface area contributed by atoms with Crippen molar-refractivity contribution in [2.75, 3.05) is 11.5 Å². The van der Waals surface area contributed by atoms with Gasteiger partial charge in [0.05, 0.1) is 12.7 Å². The van der Waals surface area contributed by atoms with Crippen LogP contribution < -0.4 is 9.47 Å². The van der Waals surface area contributed by atoms with Gasteiger partial charge in [0.15, 0.2) is 0 Å². The van der Waals surface area contributed by atoms with Gasteiger partial charge in [-0.1, -0.05) is 65.1 Å². The number of benzene rings is 3. The minimum atomic E-state index is -0.282. The Bertz CT molecular complexity index is 940. The van der Waals surface area contributed by atoms with Crippen molar-refractivity contribution in [3.63, 3.8) is 0 Å². The summed E-state index contributed by atoms with van der Waals surface area (Å²) in [6, 6.07) is 25.3. The first kappa shape index (κ1) is 24.1. The lowest BCUT2D eigenvalue weighted by Gasteiger charge is -2.18. The number of halogens is 1. The molecule has 0 aliphatic heterocycles. The van der Waals surface area contributed by atoms with Crippen LogP contribution in [0.4, 0.5) is 0 Å². The quantitative estimate of drug-likeness (QED) is 0.146. The van der Waals surface area contributed by atoms with Crippen LogP contribution in [0.15, 0.2) is 78.9 Å². The van der Waals surface area contributed by atoms with E-state index in [1.165, 1.54) is 5.56 Å². The summed E-state index contributed by atoms with van der Waals surface area (Å²) in [6.07, 6.45) is 3.42. The molecule has 0 aliphatic carbocycles. The van der Waals surface area contributed by atoms with Crippen molar-refractivity contribution >= 4 is 28.6 Å². The van der Waals surface area contributed by atoms with Crippen LogP contribution in [-0.2, 0) is 17.8 Å². The van der Waals surface area contributed by atoms with Crippen LogP contribution >= 0.6 is 22.6 Å². The van der Waals surface area contributed by atoms with Crippen LogP contribution in [-0.4, -0.2) is 23.6 Å². The summed E-state index contributed by atoms with van der Waals surface area (Å²) in [5.41, 5.74) is 2.90. The first-order valence-corrected chi connectivity index (χ1v) is 12.4. The molecule has 3 rings (SSSR count). The van der Waals surface area contributed by atoms with Gasteiger partial charge < -0.3 is 14.2 Å². The maximum Gasteiger partial charge on any atom is 0.338 e. The fourth-order valence-corrected chi connectivity index (χ4v) is 3.77. The molecule has 0 radical (unpaired) electrons. The molecule has 4 nitrogen and oxygen atoms in total. The van der Waals surface area contributed by atoms with E-state index in [0.29, 0.717) is 12.2 Å². The number of hydrogen-bond acceptors (Lipinski definition) is 4. The first-order valence-electron chi connectivity index (χ1n) is 10.8. The number of methoxy groups -OCH3 is 1. The molecule has 168 valence electrons. The molecule has 3 aromatic rings. The molecule has 0 saturated heterocycles. The van der Waals surface area contributed by atoms with Gasteiger partial charge in [0, 0.05) is 0 Å². The number of hydrogen-bond donors (Lipinski definition) is 0. The smallest absolute Gasteiger partial charge is 0.338 e. The minimum Gasteiger partial charge on any atom is -0.497 e. The summed E-state index contributed by atoms with van der Waals surface area (Å²) < 4.78 is 17.9. The molecule has 0 N–H and O–H groups in total. The molecule has 32 heavy (non-hydrogen) atoms. The number of alkyl halides is 1. The minimum absolute atomic E-state index is 0.103. The topological polar surface area (TPSA) is 44.8 Å². The fraction of sp³-hybridized carbons (Fsp3) is 0.296. The number of rotatable bonds is 12. The zero-order valence-electron chi connectivity index (χ0n) is 18.3. The molecular weight excluding hydrogens is 515 g/mol. The van der Waals surface area contributed by atoms with Crippen LogP contribution in [0.5, 0.6) is 11.5 Å². The Morgan fingerprint density at radius 3 is 2.19 bits per heavy atom. The van der Waals surface area contributed by atoms with Crippen LogP contribution in [0.3, 0.4) is 0 Å². The third-order valence-corrected chi connectivity index (χ3v) is 5.95. The summed E-state index contributed by atoms with van der Waals surface area (Å²) in [6.45, 7) is 0.555. The van der Waals surface area contributed by atoms with Gasteiger partial charge in [-0.25, -0.2) is 4.79 Å². The van der Waals surface area contributed by atoms with Crippen molar-refractivity contribution in [1.82, 2.24) is 0 Å². The summed E-state index contributed by atoms with van der Waals surface area (Å²) in [4.78, 5) is 12.6. The van der Waals surface area contributed by atoms with E-state index in [-0.39, 0.29) is 12.1 Å². The largest absolute Gasteiger partial charge is 0.497 e. The molecule has 3 aromatic carbocycles. The van der Waals surface area contributed by atoms with E-state index in [2.05, 4.69) is 46.9 Å². The number of ether oxygens (including phenoxy) is 3. The van der Waals surface area contributed by atoms with E-state index in [0.717, 1.165) is 47.2 Å². The van der Waals surface area contributed by atoms with E-state index < -0.39 is 0 Å². The molecular formula is C27H29IO4. The Morgan fingerprint density at radius 1 is 0.844 bits per heavy atom. The molecule has 0 bridgehead atoms. The van der Waals surface area contributed by atoms with Gasteiger partial charge in [0.25, 0.3) is 0 Å². The van der Waals surface area contributed by atoms with Crippen LogP contribution in [0.1, 0.15) is 40.7 Å². The van der Waals surface area contributed by atoms with E-state index in [1.54, 1.807) is 31.4 Å². The lowest BCUT2D eigenvalue weighted by molar-refractivity contribution is 0.0261. The number of aryl methyl sites for hydroxylation is 1. The highest BCUT2D eigenvalue weighted by molar-refractivity contribution is 14.1. The highest BCUT2D eigenvalue weighted by Gasteiger charge is 2.16. The van der Waals surface area contributed by atoms with E-state index in [9.17, 15) is 4.79 Å². The molecule has 1 atom stereocenters. The molecule has 0 unspecified atom stereocenters. The van der Waals surface area contributed by atoms with Gasteiger partial charge in [-0.2, -0.15) is 0 Å². The van der Waals surface area contributed by atoms with Crippen molar-refractivity contribution in [1.29, 1.82) is 0 Å². The Hall–Kier alpha value is -2.54. The highest BCUT2D eigenvalue weighted by atomic mass is 127. The fourth-order valence-electron chi connectivity index (χ4n) is 3.33. The Kier molecular flexibility index (Phi) is 9.88. The third kappa shape index (κ3) is 7.86. The van der Waals surface area contributed by atoms with Crippen molar-refractivity contribution in [3.05, 3.63) is 95.6 Å². The number of esters is 1. The summed E-state index contributed by atoms with van der Waals surface area (Å²) in [7, 11) is 1.61. The summed E-state index contributed by atoms with van der Waals surface area (Å²) >= 11 is 2.36. The highest BCUT2D eigenvalue weighted by Crippen LogP contribution is 2.19. The zero-order valence-corrected chi connectivity index (χ0v) is 20.5. The molecule has 0 saturated carbocycles. The average Bonchev–Trinajstić information content (AvgIpc) is 2.85. The third-order valence-electron chi connectivity index (χ3n) is 5.19. The van der Waals surface area contributed by atoms with Crippen molar-refractivity contribution < 1.29 is 19.0 Å². The van der Waals surface area contributed by atoms with Crippen LogP contribution in [0.25, 0.3) is 0 Å². The second-order valence-electron chi connectivity index (χ2n) is 7.54. The predicted molar refractivity (Wildman–Crippen MR) is 136 cm³/mol. The van der Waals surface area contributed by atoms with Gasteiger partial charge >= 0.3 is 5.97 Å². The summed E-state index contributed by atoms with van der Waals surface area (Å²) in [5.74, 6) is 1.29. The van der Waals surface area contributed by atoms with Gasteiger partial charge in [-0.3, -0.25) is 0 Å². The maximum absolute atomic E-state index is 12.6. The predicted octanol–water partition coefficient (Wildman–Crippen LogP) is 6.65. The molecule has 5 heteroatoms. The average molecular weight is 544 g/mol. The molecule has 0 fully saturated rings. The zero-order chi connectivity index (χ0) is 22.6. The second kappa shape index (κ2) is 13.1. The molecule has 0 heterocycles. The second-order valence-corrected chi connectivity index (χ2v) is 8.62. The van der Waals surface area contributed by atoms with Gasteiger partial charge in [-0.15, -0.1) is 0 Å². The van der Waals surface area contributed by atoms with Crippen molar-refractivity contribution in [2.24, 2.45) is 0 Å². The van der Waals surface area contributed by atoms with E-state index in [1.807, 2.05) is 30.3 Å². The monoisotopic (exact) mass is 544 g/mol. The first-order chi connectivity index (χ1) is 15.7. The van der Waals surface area contributed by atoms with Gasteiger partial charge in [0.1, 0.15) is 24.2 Å². The van der Waals surface area contributed by atoms with Gasteiger partial charge in [0.2, 0.25) is 0 Å². The Balaban J connectivity index is 1.51. The van der Waals surface area contributed by atoms with Crippen molar-refractivity contribution in [2.45, 2.75) is 38.4 Å². The van der Waals surface area contributed by atoms with E-state index in [4.69, 9.17) is 14.2 Å². The maximum atomic E-state index is 12.6. The SMILES string of the molecule is COc1ccc(C(=O)O[C@H](CCCI)CCc2ccc(OCc3ccccc3)cc2)cc1. The lowest BCUT2D eigenvalue weighted by Crippen LogP contribution is -2.19. The Labute approximate surface area is 204 Å². The number of carbonyl (C=O) groups excluding carboxylic acids is 1. The van der Waals surface area contributed by atoms with Gasteiger partial charge in [-0.05, 0) is 77.6 Å². The Morgan fingerprint density at radius 2 is 1.53 bits per heavy atom. The summed E-state index contributed by atoms with van der Waals surface area (Å²) in [5, 5.41) is 0. The van der Waals surface area contributed by atoms with Crippen LogP contribution in [0, 0.1) is 0 Å². The van der Waals surface area contributed by atoms with Crippen molar-refractivity contribution in [3.8, 4) is 11.5 Å². The molecule has 0 amide bonds. The standard InChI is InChI=1S/C27H29IO4/c1-30-24-17-12-23(13-18-24)27(29)32-26(8-5-19-28)16-11-21-9-14-25(15-10-21)31-20-22-6-3-2-4-7-22/h2-4,6-7,9-10,12-15,17-18,26H,5,8,11,16,19-20H2,1H3/t26-/m1/s1. The lowest BCUT2D eigenvalue weighted by atomic mass is 10.0. The normalized spacial score (nSPS) is 11.6. The van der Waals surface area contributed by atoms with Crippen LogP contribution in [0.2, 0.25) is 0 Å². The molecule has 0 aliphatic rings.